The summed E-state index contributed by atoms with van der Waals surface area (Å²) in [5.41, 5.74) is 0.834. The van der Waals surface area contributed by atoms with Crippen LogP contribution in [0.2, 0.25) is 0 Å². The van der Waals surface area contributed by atoms with Crippen molar-refractivity contribution in [1.82, 2.24) is 9.79 Å². The quantitative estimate of drug-likeness (QED) is 0.336. The fourth-order valence-corrected chi connectivity index (χ4v) is 6.94. The van der Waals surface area contributed by atoms with E-state index in [4.69, 9.17) is 19.0 Å². The average molecular weight is 591 g/mol. The number of rotatable bonds is 11. The van der Waals surface area contributed by atoms with E-state index >= 15 is 0 Å². The number of nitrogens with one attached hydrogen (secondary N) is 1. The van der Waals surface area contributed by atoms with Gasteiger partial charge in [-0.2, -0.15) is 0 Å². The number of phenolic OH excluding ortho intramolecular Hbond substituents is 1. The molecule has 3 N–H and O–H groups in total. The number of nitrogens with zero attached hydrogens (tertiary/aromatic N) is 1. The number of carbonyl (C=O) groups is 1. The van der Waals surface area contributed by atoms with Gasteiger partial charge in [0.1, 0.15) is 11.9 Å². The second-order valence-corrected chi connectivity index (χ2v) is 12.7. The normalized spacial score (nSPS) is 24.6. The number of carbonyl (C=O) groups excluding carboxylic acids is 1. The number of alkyl carbamates (subject to hydrolysis) is 1. The maximum Gasteiger partial charge on any atom is 0.407 e. The Kier molecular flexibility index (Phi) is 9.79. The van der Waals surface area contributed by atoms with E-state index in [9.17, 15) is 23.4 Å². The molecule has 0 bridgehead atoms. The zero-order valence-corrected chi connectivity index (χ0v) is 23.7. The number of hydrogen-bond donors (Lipinski definition) is 3. The van der Waals surface area contributed by atoms with Crippen molar-refractivity contribution in [2.24, 2.45) is 5.92 Å². The lowest BCUT2D eigenvalue weighted by Gasteiger charge is -2.32. The molecule has 3 aliphatic rings. The summed E-state index contributed by atoms with van der Waals surface area (Å²) >= 11 is 0. The van der Waals surface area contributed by atoms with Crippen molar-refractivity contribution < 1.29 is 42.5 Å². The lowest BCUT2D eigenvalue weighted by Crippen LogP contribution is -2.51. The molecule has 2 aromatic carbocycles. The first-order chi connectivity index (χ1) is 19.8. The van der Waals surface area contributed by atoms with Crippen molar-refractivity contribution in [2.75, 3.05) is 19.8 Å². The first-order valence-corrected chi connectivity index (χ1v) is 15.6. The van der Waals surface area contributed by atoms with Crippen molar-refractivity contribution in [1.29, 1.82) is 0 Å². The van der Waals surface area contributed by atoms with Gasteiger partial charge in [0, 0.05) is 0 Å². The van der Waals surface area contributed by atoms with Crippen LogP contribution < -0.4 is 5.32 Å². The highest BCUT2D eigenvalue weighted by Crippen LogP contribution is 2.33. The maximum atomic E-state index is 13.7. The lowest BCUT2D eigenvalue weighted by atomic mass is 9.98. The first-order valence-electron chi connectivity index (χ1n) is 14.2. The third-order valence-corrected chi connectivity index (χ3v) is 9.47. The minimum absolute atomic E-state index is 0.0509. The Morgan fingerprint density at radius 1 is 1.05 bits per heavy atom. The molecular formula is C29H38N2O9S. The van der Waals surface area contributed by atoms with Gasteiger partial charge in [-0.05, 0) is 49.4 Å². The van der Waals surface area contributed by atoms with Gasteiger partial charge < -0.3 is 29.7 Å². The van der Waals surface area contributed by atoms with Crippen molar-refractivity contribution in [3.63, 3.8) is 0 Å². The number of sulfonamides is 1. The highest BCUT2D eigenvalue weighted by atomic mass is 32.2. The predicted molar refractivity (Wildman–Crippen MR) is 147 cm³/mol. The first kappa shape index (κ1) is 29.7. The van der Waals surface area contributed by atoms with Crippen molar-refractivity contribution in [3.05, 3.63) is 60.2 Å². The molecule has 12 heteroatoms. The molecule has 0 aromatic heterocycles. The third-order valence-electron chi connectivity index (χ3n) is 7.85. The van der Waals surface area contributed by atoms with E-state index in [1.807, 2.05) is 30.3 Å². The maximum absolute atomic E-state index is 13.7. The number of hydrogen-bond acceptors (Lipinski definition) is 9. The van der Waals surface area contributed by atoms with Crippen LogP contribution >= 0.6 is 0 Å². The number of ether oxygens (including phenoxy) is 3. The largest absolute Gasteiger partial charge is 0.508 e. The van der Waals surface area contributed by atoms with Crippen LogP contribution in [0.4, 0.5) is 4.79 Å². The molecule has 11 nitrogen and oxygen atoms in total. The summed E-state index contributed by atoms with van der Waals surface area (Å²) in [4.78, 5) is 18.9. The highest BCUT2D eigenvalue weighted by molar-refractivity contribution is 7.89. The highest BCUT2D eigenvalue weighted by Gasteiger charge is 2.44. The second kappa shape index (κ2) is 13.5. The predicted octanol–water partition coefficient (Wildman–Crippen LogP) is 3.11. The molecule has 0 radical (unpaired) electrons. The van der Waals surface area contributed by atoms with Crippen molar-refractivity contribution in [2.45, 2.75) is 80.5 Å². The van der Waals surface area contributed by atoms with Crippen LogP contribution in [0.3, 0.4) is 0 Å². The summed E-state index contributed by atoms with van der Waals surface area (Å²) < 4.78 is 44.9. The number of phenols is 1. The van der Waals surface area contributed by atoms with E-state index in [1.54, 1.807) is 0 Å². The summed E-state index contributed by atoms with van der Waals surface area (Å²) in [5, 5.41) is 24.1. The van der Waals surface area contributed by atoms with Crippen molar-refractivity contribution in [3.8, 4) is 5.75 Å². The minimum Gasteiger partial charge on any atom is -0.508 e. The van der Waals surface area contributed by atoms with Crippen LogP contribution in [0.15, 0.2) is 59.5 Å². The molecule has 224 valence electrons. The SMILES string of the molecule is O=C(N[C@@H](Cc1ccccc1)[C@H](O)CN(OC1CCCCC1)S(=O)(=O)c1cccc(O)c1)OC1CO[C@H]2OCC[C@@H]12. The Morgan fingerprint density at radius 3 is 2.59 bits per heavy atom. The van der Waals surface area contributed by atoms with Gasteiger partial charge in [0.2, 0.25) is 0 Å². The summed E-state index contributed by atoms with van der Waals surface area (Å²) in [5.74, 6) is -0.258. The fraction of sp³-hybridized carbons (Fsp3) is 0.552. The number of aliphatic hydroxyl groups excluding tert-OH is 1. The van der Waals surface area contributed by atoms with Crippen LogP contribution in [0, 0.1) is 5.92 Å². The lowest BCUT2D eigenvalue weighted by molar-refractivity contribution is -0.156. The van der Waals surface area contributed by atoms with Crippen molar-refractivity contribution >= 4 is 16.1 Å². The Balaban J connectivity index is 1.34. The average Bonchev–Trinajstić information content (AvgIpc) is 3.59. The second-order valence-electron chi connectivity index (χ2n) is 10.8. The van der Waals surface area contributed by atoms with Gasteiger partial charge in [0.15, 0.2) is 6.29 Å². The van der Waals surface area contributed by atoms with Crippen LogP contribution in [-0.2, 0) is 35.5 Å². The van der Waals surface area contributed by atoms with E-state index in [-0.39, 0.29) is 42.0 Å². The molecule has 1 saturated carbocycles. The van der Waals surface area contributed by atoms with Gasteiger partial charge in [-0.25, -0.2) is 13.2 Å². The molecule has 0 spiro atoms. The summed E-state index contributed by atoms with van der Waals surface area (Å²) in [6.45, 7) is 0.313. The van der Waals surface area contributed by atoms with E-state index < -0.39 is 40.9 Å². The molecule has 1 amide bonds. The zero-order valence-electron chi connectivity index (χ0n) is 22.8. The van der Waals surface area contributed by atoms with Gasteiger partial charge in [-0.15, -0.1) is 0 Å². The molecular weight excluding hydrogens is 552 g/mol. The number of aliphatic hydroxyl groups is 1. The summed E-state index contributed by atoms with van der Waals surface area (Å²) in [7, 11) is -4.26. The molecule has 5 atom stereocenters. The molecule has 5 rings (SSSR count). The molecule has 3 fully saturated rings. The number of amides is 1. The Labute approximate surface area is 240 Å². The van der Waals surface area contributed by atoms with Crippen LogP contribution in [-0.4, -0.2) is 79.6 Å². The number of fused-ring (bicyclic) bond motifs is 1. The molecule has 41 heavy (non-hydrogen) atoms. The standard InChI is InChI=1S/C29H38N2O9S/c32-21-10-7-13-23(17-21)41(35,36)31(40-22-11-5-2-6-12-22)18-26(33)25(16-20-8-3-1-4-9-20)30-29(34)39-27-19-38-28-24(27)14-15-37-28/h1,3-4,7-10,13,17,22,24-28,32-33H,2,5-6,11-12,14-16,18-19H2,(H,30,34)/t24-,25-,26+,27?,28+/m0/s1. The van der Waals surface area contributed by atoms with Gasteiger partial charge in [-0.3, -0.25) is 4.84 Å². The Bertz CT molecular complexity index is 1260. The summed E-state index contributed by atoms with van der Waals surface area (Å²) in [6, 6.07) is 13.7. The molecule has 1 unspecified atom stereocenters. The van der Waals surface area contributed by atoms with E-state index in [2.05, 4.69) is 5.32 Å². The topological polar surface area (TPSA) is 144 Å². The van der Waals surface area contributed by atoms with Gasteiger partial charge in [0.05, 0.1) is 48.8 Å². The zero-order chi connectivity index (χ0) is 28.8. The summed E-state index contributed by atoms with van der Waals surface area (Å²) in [6.07, 6.45) is 1.90. The van der Waals surface area contributed by atoms with E-state index in [1.165, 1.54) is 18.2 Å². The van der Waals surface area contributed by atoms with E-state index in [0.717, 1.165) is 41.8 Å². The third kappa shape index (κ3) is 7.56. The van der Waals surface area contributed by atoms with Crippen LogP contribution in [0.5, 0.6) is 5.75 Å². The van der Waals surface area contributed by atoms with Gasteiger partial charge >= 0.3 is 6.09 Å². The van der Waals surface area contributed by atoms with Gasteiger partial charge in [-0.1, -0.05) is 60.1 Å². The Morgan fingerprint density at radius 2 is 1.83 bits per heavy atom. The molecule has 2 aliphatic heterocycles. The van der Waals surface area contributed by atoms with Crippen LogP contribution in [0.25, 0.3) is 0 Å². The number of hydroxylamine groups is 1. The monoisotopic (exact) mass is 590 g/mol. The fourth-order valence-electron chi connectivity index (χ4n) is 5.60. The minimum atomic E-state index is -4.26. The van der Waals surface area contributed by atoms with Gasteiger partial charge in [0.25, 0.3) is 10.0 Å². The smallest absolute Gasteiger partial charge is 0.407 e. The number of benzene rings is 2. The number of aromatic hydroxyl groups is 1. The van der Waals surface area contributed by atoms with Crippen LogP contribution in [0.1, 0.15) is 44.1 Å². The molecule has 1 aliphatic carbocycles. The molecule has 2 heterocycles. The van der Waals surface area contributed by atoms with E-state index in [0.29, 0.717) is 19.4 Å². The Hall–Kier alpha value is -2.74. The molecule has 2 aromatic rings. The molecule has 2 saturated heterocycles.